The number of benzene rings is 2. The summed E-state index contributed by atoms with van der Waals surface area (Å²) in [6, 6.07) is 13.9. The molecule has 0 radical (unpaired) electrons. The molecule has 0 bridgehead atoms. The first-order chi connectivity index (χ1) is 16.4. The Hall–Kier alpha value is -1.98. The lowest BCUT2D eigenvalue weighted by molar-refractivity contribution is 0.101. The summed E-state index contributed by atoms with van der Waals surface area (Å²) in [5.41, 5.74) is 1.48. The largest absolute Gasteiger partial charge is 0.353 e. The molecule has 1 N–H and O–H groups in total. The quantitative estimate of drug-likeness (QED) is 0.291. The number of nitrogens with one attached hydrogen (secondary N) is 1. The van der Waals surface area contributed by atoms with E-state index in [1.165, 1.54) is 21.7 Å². The highest BCUT2D eigenvalue weighted by atomic mass is 35.5. The fraction of sp³-hybridized carbons (Fsp3) is 0.348. The van der Waals surface area contributed by atoms with E-state index in [1.807, 2.05) is 24.3 Å². The number of rotatable bonds is 9. The van der Waals surface area contributed by atoms with Gasteiger partial charge in [-0.15, -0.1) is 10.2 Å². The predicted molar refractivity (Wildman–Crippen MR) is 137 cm³/mol. The maximum atomic E-state index is 13.1. The van der Waals surface area contributed by atoms with Crippen LogP contribution in [0, 0.1) is 0 Å². The average Bonchev–Trinajstić information content (AvgIpc) is 3.12. The molecule has 0 atom stereocenters. The van der Waals surface area contributed by atoms with Crippen LogP contribution in [0.1, 0.15) is 41.6 Å². The van der Waals surface area contributed by atoms with Crippen molar-refractivity contribution in [1.82, 2.24) is 14.5 Å². The highest BCUT2D eigenvalue weighted by molar-refractivity contribution is 8.00. The standard InChI is InChI=1S/C23H25ClN4O3S3/c24-19-10-8-17(9-11-19)16-32-23-27-26-22(33-23)25-15-21(29)18-6-5-7-20(14-18)34(30,31)28-12-3-1-2-4-13-28/h5-11,14H,1-4,12-13,15-16H2,(H,25,26). The molecule has 3 aromatic rings. The summed E-state index contributed by atoms with van der Waals surface area (Å²) < 4.78 is 28.4. The minimum absolute atomic E-state index is 0.00367. The molecule has 1 aliphatic rings. The molecule has 0 saturated carbocycles. The summed E-state index contributed by atoms with van der Waals surface area (Å²) in [7, 11) is -3.61. The molecule has 180 valence electrons. The van der Waals surface area contributed by atoms with E-state index < -0.39 is 10.0 Å². The van der Waals surface area contributed by atoms with Gasteiger partial charge in [0.2, 0.25) is 15.2 Å². The molecular weight excluding hydrogens is 512 g/mol. The second-order valence-electron chi connectivity index (χ2n) is 7.91. The van der Waals surface area contributed by atoms with Gasteiger partial charge in [-0.2, -0.15) is 4.31 Å². The van der Waals surface area contributed by atoms with E-state index in [-0.39, 0.29) is 17.2 Å². The Balaban J connectivity index is 1.34. The van der Waals surface area contributed by atoms with Gasteiger partial charge in [-0.3, -0.25) is 4.79 Å². The summed E-state index contributed by atoms with van der Waals surface area (Å²) in [5.74, 6) is 0.529. The normalized spacial score (nSPS) is 15.1. The van der Waals surface area contributed by atoms with Crippen LogP contribution in [0.25, 0.3) is 0 Å². The first-order valence-electron chi connectivity index (χ1n) is 11.0. The van der Waals surface area contributed by atoms with Crippen molar-refractivity contribution in [3.63, 3.8) is 0 Å². The highest BCUT2D eigenvalue weighted by Gasteiger charge is 2.25. The molecule has 0 amide bonds. The number of ketones is 1. The zero-order valence-corrected chi connectivity index (χ0v) is 21.7. The molecule has 0 spiro atoms. The third-order valence-corrected chi connectivity index (χ3v) is 9.67. The maximum absolute atomic E-state index is 13.1. The molecular formula is C23H25ClN4O3S3. The highest BCUT2D eigenvalue weighted by Crippen LogP contribution is 2.29. The van der Waals surface area contributed by atoms with Crippen molar-refractivity contribution in [3.05, 3.63) is 64.7 Å². The first-order valence-corrected chi connectivity index (χ1v) is 14.6. The van der Waals surface area contributed by atoms with Gasteiger partial charge in [-0.05, 0) is 42.7 Å². The average molecular weight is 537 g/mol. The van der Waals surface area contributed by atoms with Crippen LogP contribution in [-0.4, -0.2) is 48.3 Å². The van der Waals surface area contributed by atoms with E-state index in [0.29, 0.717) is 28.8 Å². The number of halogens is 1. The van der Waals surface area contributed by atoms with Gasteiger partial charge in [-0.1, -0.05) is 71.8 Å². The fourth-order valence-electron chi connectivity index (χ4n) is 3.58. The topological polar surface area (TPSA) is 92.3 Å². The van der Waals surface area contributed by atoms with Crippen molar-refractivity contribution in [3.8, 4) is 0 Å². The van der Waals surface area contributed by atoms with E-state index in [0.717, 1.165) is 41.3 Å². The summed E-state index contributed by atoms with van der Waals surface area (Å²) in [4.78, 5) is 12.9. The number of thioether (sulfide) groups is 1. The van der Waals surface area contributed by atoms with E-state index in [2.05, 4.69) is 15.5 Å². The molecule has 1 saturated heterocycles. The Bertz CT molecular complexity index is 1220. The molecule has 34 heavy (non-hydrogen) atoms. The number of anilines is 1. The third kappa shape index (κ3) is 6.57. The maximum Gasteiger partial charge on any atom is 0.243 e. The van der Waals surface area contributed by atoms with Crippen LogP contribution < -0.4 is 5.32 Å². The summed E-state index contributed by atoms with van der Waals surface area (Å²) in [5, 5.41) is 12.5. The number of carbonyl (C=O) groups excluding carboxylic acids is 1. The fourth-order valence-corrected chi connectivity index (χ4v) is 6.98. The molecule has 0 unspecified atom stereocenters. The van der Waals surface area contributed by atoms with Crippen molar-refractivity contribution in [2.24, 2.45) is 0 Å². The van der Waals surface area contributed by atoms with E-state index in [9.17, 15) is 13.2 Å². The number of sulfonamides is 1. The van der Waals surface area contributed by atoms with Gasteiger partial charge in [0.15, 0.2) is 10.1 Å². The molecule has 7 nitrogen and oxygen atoms in total. The van der Waals surface area contributed by atoms with Crippen molar-refractivity contribution in [2.45, 2.75) is 40.7 Å². The van der Waals surface area contributed by atoms with Gasteiger partial charge < -0.3 is 5.32 Å². The minimum Gasteiger partial charge on any atom is -0.353 e. The van der Waals surface area contributed by atoms with Crippen LogP contribution in [0.4, 0.5) is 5.13 Å². The Morgan fingerprint density at radius 2 is 1.79 bits per heavy atom. The molecule has 1 fully saturated rings. The molecule has 2 aromatic carbocycles. The van der Waals surface area contributed by atoms with Crippen LogP contribution in [0.15, 0.2) is 57.8 Å². The number of Topliss-reactive ketones (excluding diaryl/α,β-unsaturated/α-hetero) is 1. The van der Waals surface area contributed by atoms with Gasteiger partial charge in [0.05, 0.1) is 11.4 Å². The van der Waals surface area contributed by atoms with Crippen molar-refractivity contribution in [2.75, 3.05) is 25.0 Å². The SMILES string of the molecule is O=C(CNc1nnc(SCc2ccc(Cl)cc2)s1)c1cccc(S(=O)(=O)N2CCCCCC2)c1. The van der Waals surface area contributed by atoms with Crippen LogP contribution >= 0.6 is 34.7 Å². The summed E-state index contributed by atoms with van der Waals surface area (Å²) in [6.07, 6.45) is 3.82. The summed E-state index contributed by atoms with van der Waals surface area (Å²) in [6.45, 7) is 1.05. The van der Waals surface area contributed by atoms with Crippen molar-refractivity contribution >= 4 is 55.6 Å². The Labute approximate surface area is 213 Å². The number of carbonyl (C=O) groups is 1. The number of aromatic nitrogens is 2. The number of hydrogen-bond acceptors (Lipinski definition) is 8. The Morgan fingerprint density at radius 3 is 2.53 bits per heavy atom. The number of hydrogen-bond donors (Lipinski definition) is 1. The van der Waals surface area contributed by atoms with Crippen LogP contribution in [0.3, 0.4) is 0 Å². The Kier molecular flexibility index (Phi) is 8.60. The molecule has 2 heterocycles. The number of nitrogens with zero attached hydrogens (tertiary/aromatic N) is 3. The lowest BCUT2D eigenvalue weighted by Crippen LogP contribution is -2.32. The minimum atomic E-state index is -3.61. The van der Waals surface area contributed by atoms with Gasteiger partial charge in [-0.25, -0.2) is 8.42 Å². The zero-order valence-electron chi connectivity index (χ0n) is 18.4. The molecule has 11 heteroatoms. The Morgan fingerprint density at radius 1 is 1.06 bits per heavy atom. The smallest absolute Gasteiger partial charge is 0.243 e. The van der Waals surface area contributed by atoms with Gasteiger partial charge >= 0.3 is 0 Å². The molecule has 1 aromatic heterocycles. The molecule has 1 aliphatic heterocycles. The predicted octanol–water partition coefficient (Wildman–Crippen LogP) is 5.34. The van der Waals surface area contributed by atoms with Gasteiger partial charge in [0, 0.05) is 29.4 Å². The van der Waals surface area contributed by atoms with Crippen LogP contribution in [-0.2, 0) is 15.8 Å². The lowest BCUT2D eigenvalue weighted by Gasteiger charge is -2.20. The monoisotopic (exact) mass is 536 g/mol. The second kappa shape index (κ2) is 11.6. The molecule has 0 aliphatic carbocycles. The summed E-state index contributed by atoms with van der Waals surface area (Å²) >= 11 is 8.84. The van der Waals surface area contributed by atoms with Gasteiger partial charge in [0.25, 0.3) is 0 Å². The van der Waals surface area contributed by atoms with Crippen LogP contribution in [0.2, 0.25) is 5.02 Å². The van der Waals surface area contributed by atoms with E-state index in [4.69, 9.17) is 11.6 Å². The van der Waals surface area contributed by atoms with Gasteiger partial charge in [0.1, 0.15) is 0 Å². The lowest BCUT2D eigenvalue weighted by atomic mass is 10.1. The second-order valence-corrected chi connectivity index (χ2v) is 12.5. The van der Waals surface area contributed by atoms with E-state index >= 15 is 0 Å². The molecule has 4 rings (SSSR count). The third-order valence-electron chi connectivity index (χ3n) is 5.44. The van der Waals surface area contributed by atoms with E-state index in [1.54, 1.807) is 30.0 Å². The van der Waals surface area contributed by atoms with Crippen molar-refractivity contribution in [1.29, 1.82) is 0 Å². The zero-order chi connectivity index (χ0) is 24.0. The van der Waals surface area contributed by atoms with Crippen molar-refractivity contribution < 1.29 is 13.2 Å². The van der Waals surface area contributed by atoms with Crippen LogP contribution in [0.5, 0.6) is 0 Å². The first kappa shape index (κ1) is 25.1.